The standard InChI is InChI=1S/C22H26N4O2/c1-14(21(2,3)4)26-18-13-15(11-12-17(18)23-20(26)27)19-24-22(5,28-25-19)16-9-7-6-8-10-16/h6-14H,1-5H3,(H,23,27)(H,24,25)/t14-,22?/m1/s1. The van der Waals surface area contributed by atoms with E-state index in [2.05, 4.69) is 38.2 Å². The van der Waals surface area contributed by atoms with E-state index in [1.807, 2.05) is 60.0 Å². The normalized spacial score (nSPS) is 20.8. The zero-order valence-corrected chi connectivity index (χ0v) is 16.9. The highest BCUT2D eigenvalue weighted by Gasteiger charge is 2.34. The van der Waals surface area contributed by atoms with Crippen molar-refractivity contribution in [1.82, 2.24) is 15.0 Å². The van der Waals surface area contributed by atoms with Crippen LogP contribution in [0.4, 0.5) is 0 Å². The molecule has 0 radical (unpaired) electrons. The van der Waals surface area contributed by atoms with Gasteiger partial charge in [-0.1, -0.05) is 51.1 Å². The lowest BCUT2D eigenvalue weighted by atomic mass is 9.88. The van der Waals surface area contributed by atoms with E-state index in [1.54, 1.807) is 0 Å². The Morgan fingerprint density at radius 3 is 2.54 bits per heavy atom. The molecule has 3 aromatic rings. The predicted octanol–water partition coefficient (Wildman–Crippen LogP) is 4.09. The average Bonchev–Trinajstić information content (AvgIpc) is 3.21. The zero-order valence-electron chi connectivity index (χ0n) is 16.9. The van der Waals surface area contributed by atoms with E-state index in [9.17, 15) is 4.79 Å². The Bertz CT molecular complexity index is 1110. The van der Waals surface area contributed by atoms with Gasteiger partial charge in [-0.2, -0.15) is 0 Å². The molecule has 0 spiro atoms. The van der Waals surface area contributed by atoms with Gasteiger partial charge in [0.2, 0.25) is 5.72 Å². The molecule has 0 fully saturated rings. The monoisotopic (exact) mass is 378 g/mol. The summed E-state index contributed by atoms with van der Waals surface area (Å²) in [6, 6.07) is 15.8. The van der Waals surface area contributed by atoms with Gasteiger partial charge in [0.25, 0.3) is 0 Å². The summed E-state index contributed by atoms with van der Waals surface area (Å²) in [4.78, 5) is 26.1. The van der Waals surface area contributed by atoms with E-state index < -0.39 is 5.72 Å². The summed E-state index contributed by atoms with van der Waals surface area (Å²) in [5.41, 5.74) is 5.56. The van der Waals surface area contributed by atoms with Crippen LogP contribution in [0.2, 0.25) is 0 Å². The zero-order chi connectivity index (χ0) is 20.1. The van der Waals surface area contributed by atoms with Crippen LogP contribution in [0.5, 0.6) is 0 Å². The SMILES string of the molecule is C[C@@H](n1c(=O)[nH]c2ccc(C3=NC(C)(c4ccccc4)ON3)cc21)C(C)(C)C. The summed E-state index contributed by atoms with van der Waals surface area (Å²) >= 11 is 0. The molecule has 146 valence electrons. The number of hydrogen-bond acceptors (Lipinski definition) is 4. The van der Waals surface area contributed by atoms with E-state index in [-0.39, 0.29) is 17.1 Å². The molecule has 2 heterocycles. The highest BCUT2D eigenvalue weighted by molar-refractivity contribution is 6.01. The van der Waals surface area contributed by atoms with Crippen molar-refractivity contribution in [2.75, 3.05) is 0 Å². The van der Waals surface area contributed by atoms with Gasteiger partial charge in [0, 0.05) is 17.2 Å². The Labute approximate surface area is 164 Å². The Balaban J connectivity index is 1.79. The molecule has 1 aliphatic heterocycles. The third-order valence-electron chi connectivity index (χ3n) is 5.61. The topological polar surface area (TPSA) is 71.4 Å². The number of fused-ring (bicyclic) bond motifs is 1. The van der Waals surface area contributed by atoms with Crippen LogP contribution in [-0.2, 0) is 10.6 Å². The fourth-order valence-electron chi connectivity index (χ4n) is 3.44. The number of aliphatic imine (C=N–C) groups is 1. The second-order valence-electron chi connectivity index (χ2n) is 8.59. The van der Waals surface area contributed by atoms with Gasteiger partial charge in [-0.3, -0.25) is 4.57 Å². The summed E-state index contributed by atoms with van der Waals surface area (Å²) in [5, 5.41) is 0. The first-order valence-corrected chi connectivity index (χ1v) is 9.53. The van der Waals surface area contributed by atoms with Gasteiger partial charge in [-0.05, 0) is 37.5 Å². The number of aromatic nitrogens is 2. The molecule has 1 aliphatic rings. The van der Waals surface area contributed by atoms with Crippen LogP contribution >= 0.6 is 0 Å². The highest BCUT2D eigenvalue weighted by atomic mass is 16.7. The van der Waals surface area contributed by atoms with Crippen molar-refractivity contribution in [3.05, 3.63) is 70.1 Å². The van der Waals surface area contributed by atoms with Crippen molar-refractivity contribution < 1.29 is 4.84 Å². The molecule has 1 unspecified atom stereocenters. The molecule has 1 aromatic heterocycles. The number of benzene rings is 2. The number of hydrogen-bond donors (Lipinski definition) is 2. The molecule has 6 heteroatoms. The molecule has 28 heavy (non-hydrogen) atoms. The molecule has 2 aromatic carbocycles. The maximum Gasteiger partial charge on any atom is 0.326 e. The van der Waals surface area contributed by atoms with Crippen molar-refractivity contribution in [1.29, 1.82) is 0 Å². The fourth-order valence-corrected chi connectivity index (χ4v) is 3.44. The smallest absolute Gasteiger partial charge is 0.306 e. The quantitative estimate of drug-likeness (QED) is 0.721. The molecular formula is C22H26N4O2. The molecular weight excluding hydrogens is 352 g/mol. The molecule has 0 saturated carbocycles. The number of nitrogens with zero attached hydrogens (tertiary/aromatic N) is 2. The Morgan fingerprint density at radius 2 is 1.86 bits per heavy atom. The second kappa shape index (κ2) is 6.34. The maximum absolute atomic E-state index is 12.6. The lowest BCUT2D eigenvalue weighted by Crippen LogP contribution is -2.29. The molecule has 4 rings (SSSR count). The van der Waals surface area contributed by atoms with Crippen molar-refractivity contribution >= 4 is 16.9 Å². The van der Waals surface area contributed by atoms with Crippen LogP contribution in [0, 0.1) is 5.41 Å². The van der Waals surface area contributed by atoms with Crippen LogP contribution in [0.1, 0.15) is 51.8 Å². The Hall–Kier alpha value is -2.86. The number of rotatable bonds is 3. The Kier molecular flexibility index (Phi) is 4.19. The molecule has 0 saturated heterocycles. The third-order valence-corrected chi connectivity index (χ3v) is 5.61. The van der Waals surface area contributed by atoms with Crippen LogP contribution in [0.3, 0.4) is 0 Å². The molecule has 2 N–H and O–H groups in total. The van der Waals surface area contributed by atoms with Crippen LogP contribution in [0.15, 0.2) is 58.3 Å². The third kappa shape index (κ3) is 3.03. The van der Waals surface area contributed by atoms with Gasteiger partial charge in [-0.15, -0.1) is 0 Å². The first-order chi connectivity index (χ1) is 13.2. The predicted molar refractivity (Wildman–Crippen MR) is 111 cm³/mol. The highest BCUT2D eigenvalue weighted by Crippen LogP contribution is 2.33. The summed E-state index contributed by atoms with van der Waals surface area (Å²) in [6.07, 6.45) is 0. The van der Waals surface area contributed by atoms with Gasteiger partial charge in [0.1, 0.15) is 0 Å². The molecule has 0 bridgehead atoms. The minimum Gasteiger partial charge on any atom is -0.306 e. The van der Waals surface area contributed by atoms with E-state index in [4.69, 9.17) is 9.83 Å². The minimum absolute atomic E-state index is 0.0355. The molecule has 0 aliphatic carbocycles. The lowest BCUT2D eigenvalue weighted by molar-refractivity contribution is -0.0452. The summed E-state index contributed by atoms with van der Waals surface area (Å²) in [5.74, 6) is 0.650. The van der Waals surface area contributed by atoms with Crippen molar-refractivity contribution in [2.45, 2.75) is 46.4 Å². The van der Waals surface area contributed by atoms with Gasteiger partial charge in [0.05, 0.1) is 11.0 Å². The second-order valence-corrected chi connectivity index (χ2v) is 8.59. The fraction of sp³-hybridized carbons (Fsp3) is 0.364. The largest absolute Gasteiger partial charge is 0.326 e. The first-order valence-electron chi connectivity index (χ1n) is 9.53. The van der Waals surface area contributed by atoms with E-state index in [0.717, 1.165) is 22.2 Å². The molecule has 0 amide bonds. The minimum atomic E-state index is -0.790. The van der Waals surface area contributed by atoms with Crippen LogP contribution < -0.4 is 11.2 Å². The van der Waals surface area contributed by atoms with Crippen LogP contribution in [-0.4, -0.2) is 15.4 Å². The van der Waals surface area contributed by atoms with Gasteiger partial charge in [0.15, 0.2) is 5.84 Å². The maximum atomic E-state index is 12.6. The summed E-state index contributed by atoms with van der Waals surface area (Å²) in [7, 11) is 0. The van der Waals surface area contributed by atoms with Crippen molar-refractivity contribution in [3.63, 3.8) is 0 Å². The van der Waals surface area contributed by atoms with Gasteiger partial charge >= 0.3 is 5.69 Å². The van der Waals surface area contributed by atoms with Crippen molar-refractivity contribution in [3.8, 4) is 0 Å². The van der Waals surface area contributed by atoms with Crippen LogP contribution in [0.25, 0.3) is 11.0 Å². The van der Waals surface area contributed by atoms with Crippen molar-refractivity contribution in [2.24, 2.45) is 10.4 Å². The van der Waals surface area contributed by atoms with Gasteiger partial charge in [-0.25, -0.2) is 20.1 Å². The number of hydroxylamine groups is 1. The summed E-state index contributed by atoms with van der Waals surface area (Å²) in [6.45, 7) is 10.4. The first kappa shape index (κ1) is 18.5. The lowest BCUT2D eigenvalue weighted by Gasteiger charge is -2.28. The molecule has 6 nitrogen and oxygen atoms in total. The molecule has 2 atom stereocenters. The number of nitrogens with one attached hydrogen (secondary N) is 2. The summed E-state index contributed by atoms with van der Waals surface area (Å²) < 4.78 is 1.82. The van der Waals surface area contributed by atoms with Gasteiger partial charge < -0.3 is 4.98 Å². The number of H-pyrrole nitrogens is 1. The number of aromatic amines is 1. The number of amidine groups is 1. The van der Waals surface area contributed by atoms with E-state index in [1.165, 1.54) is 0 Å². The van der Waals surface area contributed by atoms with E-state index in [0.29, 0.717) is 5.84 Å². The Morgan fingerprint density at radius 1 is 1.14 bits per heavy atom. The average molecular weight is 378 g/mol. The van der Waals surface area contributed by atoms with E-state index >= 15 is 0 Å². The number of imidazole rings is 1.